The number of aryl methyl sites for hydroxylation is 1. The summed E-state index contributed by atoms with van der Waals surface area (Å²) in [5.74, 6) is -0.281. The molecule has 0 radical (unpaired) electrons. The molecule has 6 heteroatoms. The van der Waals surface area contributed by atoms with Crippen LogP contribution in [0.15, 0.2) is 16.8 Å². The molecular formula is C11H10N2O2S2. The van der Waals surface area contributed by atoms with Crippen LogP contribution in [0.5, 0.6) is 0 Å². The zero-order chi connectivity index (χ0) is 12.4. The van der Waals surface area contributed by atoms with Crippen molar-refractivity contribution in [2.24, 2.45) is 0 Å². The van der Waals surface area contributed by atoms with Crippen molar-refractivity contribution in [3.8, 4) is 0 Å². The van der Waals surface area contributed by atoms with Crippen LogP contribution >= 0.6 is 22.7 Å². The highest BCUT2D eigenvalue weighted by Gasteiger charge is 2.13. The van der Waals surface area contributed by atoms with Crippen molar-refractivity contribution in [3.63, 3.8) is 0 Å². The summed E-state index contributed by atoms with van der Waals surface area (Å²) in [6, 6.07) is 1.89. The third kappa shape index (κ3) is 2.59. The molecule has 0 aliphatic carbocycles. The number of aromatic nitrogens is 1. The Balaban J connectivity index is 2.13. The minimum Gasteiger partial charge on any atom is -0.297 e. The van der Waals surface area contributed by atoms with Crippen molar-refractivity contribution in [2.75, 3.05) is 5.32 Å². The quantitative estimate of drug-likeness (QED) is 0.869. The molecule has 0 unspecified atom stereocenters. The van der Waals surface area contributed by atoms with Crippen LogP contribution in [-0.4, -0.2) is 16.7 Å². The Morgan fingerprint density at radius 1 is 1.35 bits per heavy atom. The lowest BCUT2D eigenvalue weighted by atomic mass is 10.3. The molecule has 88 valence electrons. The topological polar surface area (TPSA) is 59.1 Å². The van der Waals surface area contributed by atoms with E-state index in [1.165, 1.54) is 29.6 Å². The summed E-state index contributed by atoms with van der Waals surface area (Å²) in [5, 5.41) is 6.65. The van der Waals surface area contributed by atoms with Crippen molar-refractivity contribution in [3.05, 3.63) is 33.0 Å². The molecule has 0 saturated carbocycles. The monoisotopic (exact) mass is 266 g/mol. The zero-order valence-corrected chi connectivity index (χ0v) is 10.9. The molecule has 0 fully saturated rings. The van der Waals surface area contributed by atoms with Gasteiger partial charge in [-0.2, -0.15) is 0 Å². The third-order valence-corrected chi connectivity index (χ3v) is 3.93. The minimum atomic E-state index is -0.179. The number of anilines is 1. The Kier molecular flexibility index (Phi) is 3.35. The highest BCUT2D eigenvalue weighted by Crippen LogP contribution is 2.20. The van der Waals surface area contributed by atoms with Crippen LogP contribution in [0, 0.1) is 6.92 Å². The van der Waals surface area contributed by atoms with Gasteiger partial charge in [0.1, 0.15) is 5.69 Å². The van der Waals surface area contributed by atoms with E-state index in [0.717, 1.165) is 5.56 Å². The smallest absolute Gasteiger partial charge is 0.267 e. The summed E-state index contributed by atoms with van der Waals surface area (Å²) in [7, 11) is 0. The number of hydrogen-bond donors (Lipinski definition) is 1. The van der Waals surface area contributed by atoms with Gasteiger partial charge in [0.25, 0.3) is 5.91 Å². The van der Waals surface area contributed by atoms with Gasteiger partial charge < -0.3 is 0 Å². The molecule has 2 rings (SSSR count). The number of hydrogen-bond acceptors (Lipinski definition) is 5. The van der Waals surface area contributed by atoms with Gasteiger partial charge >= 0.3 is 0 Å². The van der Waals surface area contributed by atoms with E-state index >= 15 is 0 Å². The SMILES string of the molecule is CC(=O)c1csc(NC(=O)c2sccc2C)n1. The lowest BCUT2D eigenvalue weighted by molar-refractivity contribution is 0.100. The van der Waals surface area contributed by atoms with Crippen LogP contribution in [0.25, 0.3) is 0 Å². The van der Waals surface area contributed by atoms with Gasteiger partial charge in [-0.25, -0.2) is 4.98 Å². The molecule has 17 heavy (non-hydrogen) atoms. The van der Waals surface area contributed by atoms with E-state index in [-0.39, 0.29) is 11.7 Å². The van der Waals surface area contributed by atoms with E-state index < -0.39 is 0 Å². The van der Waals surface area contributed by atoms with Crippen LogP contribution in [0.3, 0.4) is 0 Å². The largest absolute Gasteiger partial charge is 0.297 e. The molecule has 0 aliphatic heterocycles. The Hall–Kier alpha value is -1.53. The molecule has 4 nitrogen and oxygen atoms in total. The molecule has 2 aromatic rings. The summed E-state index contributed by atoms with van der Waals surface area (Å²) < 4.78 is 0. The normalized spacial score (nSPS) is 10.2. The number of Topliss-reactive ketones (excluding diaryl/α,β-unsaturated/α-hetero) is 1. The highest BCUT2D eigenvalue weighted by atomic mass is 32.1. The number of rotatable bonds is 3. The van der Waals surface area contributed by atoms with Crippen LogP contribution < -0.4 is 5.32 Å². The van der Waals surface area contributed by atoms with E-state index in [9.17, 15) is 9.59 Å². The predicted molar refractivity (Wildman–Crippen MR) is 69.1 cm³/mol. The number of amides is 1. The lowest BCUT2D eigenvalue weighted by Gasteiger charge is -1.99. The molecule has 0 aliphatic rings. The molecule has 0 saturated heterocycles. The second kappa shape index (κ2) is 4.77. The molecular weight excluding hydrogens is 256 g/mol. The first-order valence-electron chi connectivity index (χ1n) is 4.90. The fourth-order valence-corrected chi connectivity index (χ4v) is 2.82. The van der Waals surface area contributed by atoms with Crippen molar-refractivity contribution in [1.82, 2.24) is 4.98 Å². The van der Waals surface area contributed by atoms with Gasteiger partial charge in [-0.15, -0.1) is 22.7 Å². The van der Waals surface area contributed by atoms with Crippen LogP contribution in [-0.2, 0) is 0 Å². The number of ketones is 1. The third-order valence-electron chi connectivity index (χ3n) is 2.15. The second-order valence-corrected chi connectivity index (χ2v) is 5.26. The minimum absolute atomic E-state index is 0.103. The van der Waals surface area contributed by atoms with Crippen molar-refractivity contribution in [2.45, 2.75) is 13.8 Å². The Bertz CT molecular complexity index is 572. The predicted octanol–water partition coefficient (Wildman–Crippen LogP) is 2.97. The number of carbonyl (C=O) groups excluding carboxylic acids is 2. The molecule has 0 bridgehead atoms. The van der Waals surface area contributed by atoms with Gasteiger partial charge in [-0.05, 0) is 23.9 Å². The number of nitrogens with one attached hydrogen (secondary N) is 1. The van der Waals surface area contributed by atoms with E-state index in [2.05, 4.69) is 10.3 Å². The summed E-state index contributed by atoms with van der Waals surface area (Å²) >= 11 is 2.64. The van der Waals surface area contributed by atoms with Crippen LogP contribution in [0.2, 0.25) is 0 Å². The lowest BCUT2D eigenvalue weighted by Crippen LogP contribution is -2.11. The molecule has 0 aromatic carbocycles. The number of nitrogens with zero attached hydrogens (tertiary/aromatic N) is 1. The van der Waals surface area contributed by atoms with Crippen molar-refractivity contribution >= 4 is 39.5 Å². The number of thiazole rings is 1. The molecule has 0 atom stereocenters. The Labute approximate surface area is 106 Å². The van der Waals surface area contributed by atoms with Crippen molar-refractivity contribution in [1.29, 1.82) is 0 Å². The summed E-state index contributed by atoms with van der Waals surface area (Å²) in [4.78, 5) is 27.6. The van der Waals surface area contributed by atoms with Crippen molar-refractivity contribution < 1.29 is 9.59 Å². The second-order valence-electron chi connectivity index (χ2n) is 3.48. The number of thiophene rings is 1. The maximum Gasteiger partial charge on any atom is 0.267 e. The summed E-state index contributed by atoms with van der Waals surface area (Å²) in [6.07, 6.45) is 0. The molecule has 2 aromatic heterocycles. The highest BCUT2D eigenvalue weighted by molar-refractivity contribution is 7.14. The van der Waals surface area contributed by atoms with Gasteiger partial charge in [-0.1, -0.05) is 0 Å². The van der Waals surface area contributed by atoms with E-state index in [1.54, 1.807) is 5.38 Å². The standard InChI is InChI=1S/C11H10N2O2S2/c1-6-3-4-16-9(6)10(15)13-11-12-8(5-17-11)7(2)14/h3-5H,1-2H3,(H,12,13,15). The first kappa shape index (κ1) is 11.9. The van der Waals surface area contributed by atoms with E-state index in [1.807, 2.05) is 18.4 Å². The van der Waals surface area contributed by atoms with E-state index in [4.69, 9.17) is 0 Å². The fourth-order valence-electron chi connectivity index (χ4n) is 1.25. The first-order chi connectivity index (χ1) is 8.08. The molecule has 1 N–H and O–H groups in total. The van der Waals surface area contributed by atoms with E-state index in [0.29, 0.717) is 15.7 Å². The Morgan fingerprint density at radius 2 is 2.12 bits per heavy atom. The average Bonchev–Trinajstić information content (AvgIpc) is 2.86. The van der Waals surface area contributed by atoms with Crippen LogP contribution in [0.1, 0.15) is 32.6 Å². The maximum atomic E-state index is 11.9. The first-order valence-corrected chi connectivity index (χ1v) is 6.66. The van der Waals surface area contributed by atoms with Crippen LogP contribution in [0.4, 0.5) is 5.13 Å². The average molecular weight is 266 g/mol. The summed E-state index contributed by atoms with van der Waals surface area (Å²) in [6.45, 7) is 3.33. The molecule has 2 heterocycles. The zero-order valence-electron chi connectivity index (χ0n) is 9.31. The van der Waals surface area contributed by atoms with Gasteiger partial charge in [0.05, 0.1) is 4.88 Å². The maximum absolute atomic E-state index is 11.9. The van der Waals surface area contributed by atoms with Gasteiger partial charge in [0.15, 0.2) is 10.9 Å². The number of carbonyl (C=O) groups is 2. The van der Waals surface area contributed by atoms with Gasteiger partial charge in [-0.3, -0.25) is 14.9 Å². The Morgan fingerprint density at radius 3 is 2.65 bits per heavy atom. The fraction of sp³-hybridized carbons (Fsp3) is 0.182. The molecule has 0 spiro atoms. The van der Waals surface area contributed by atoms with Gasteiger partial charge in [0.2, 0.25) is 0 Å². The summed E-state index contributed by atoms with van der Waals surface area (Å²) in [5.41, 5.74) is 1.32. The molecule has 1 amide bonds. The van der Waals surface area contributed by atoms with Gasteiger partial charge in [0, 0.05) is 12.3 Å².